The zero-order valence-corrected chi connectivity index (χ0v) is 20.1. The Morgan fingerprint density at radius 3 is 2.67 bits per heavy atom. The third kappa shape index (κ3) is 5.49. The molecule has 3 fully saturated rings. The van der Waals surface area contributed by atoms with Gasteiger partial charge in [-0.15, -0.1) is 0 Å². The van der Waals surface area contributed by atoms with E-state index in [1.165, 1.54) is 49.7 Å². The summed E-state index contributed by atoms with van der Waals surface area (Å²) in [6, 6.07) is 0. The van der Waals surface area contributed by atoms with Crippen molar-refractivity contribution in [3.8, 4) is 0 Å². The van der Waals surface area contributed by atoms with Gasteiger partial charge in [0.15, 0.2) is 0 Å². The average molecular weight is 415 g/mol. The Morgan fingerprint density at radius 2 is 1.97 bits per heavy atom. The minimum absolute atomic E-state index is 0.237. The van der Waals surface area contributed by atoms with Crippen LogP contribution in [0.25, 0.3) is 0 Å². The summed E-state index contributed by atoms with van der Waals surface area (Å²) >= 11 is 0. The molecule has 30 heavy (non-hydrogen) atoms. The molecule has 3 saturated carbocycles. The van der Waals surface area contributed by atoms with Crippen molar-refractivity contribution < 1.29 is 10.2 Å². The second kappa shape index (κ2) is 9.74. The molecule has 3 rings (SSSR count). The van der Waals surface area contributed by atoms with E-state index in [0.717, 1.165) is 49.9 Å². The van der Waals surface area contributed by atoms with Gasteiger partial charge in [0.05, 0.1) is 5.60 Å². The van der Waals surface area contributed by atoms with Crippen LogP contribution >= 0.6 is 0 Å². The number of rotatable bonds is 7. The van der Waals surface area contributed by atoms with Gasteiger partial charge in [0.1, 0.15) is 0 Å². The van der Waals surface area contributed by atoms with E-state index < -0.39 is 5.60 Å². The summed E-state index contributed by atoms with van der Waals surface area (Å²) in [5, 5.41) is 19.7. The Kier molecular flexibility index (Phi) is 7.72. The molecule has 2 heteroatoms. The maximum absolute atomic E-state index is 10.1. The van der Waals surface area contributed by atoms with Gasteiger partial charge in [0, 0.05) is 12.5 Å². The van der Waals surface area contributed by atoms with Gasteiger partial charge < -0.3 is 10.2 Å². The maximum Gasteiger partial charge on any atom is 0.0591 e. The summed E-state index contributed by atoms with van der Waals surface area (Å²) in [6.45, 7) is 13.3. The first-order chi connectivity index (χ1) is 14.1. The van der Waals surface area contributed by atoms with Gasteiger partial charge in [0.25, 0.3) is 0 Å². The third-order valence-electron chi connectivity index (χ3n) is 8.78. The topological polar surface area (TPSA) is 40.5 Å². The number of aliphatic hydroxyl groups excluding tert-OH is 1. The fourth-order valence-corrected chi connectivity index (χ4v) is 6.93. The highest BCUT2D eigenvalue weighted by Crippen LogP contribution is 2.60. The lowest BCUT2D eigenvalue weighted by Gasteiger charge is -2.44. The molecule has 0 heterocycles. The number of fused-ring (bicyclic) bond motifs is 1. The van der Waals surface area contributed by atoms with Crippen LogP contribution in [0.4, 0.5) is 0 Å². The molecule has 3 aliphatic rings. The predicted molar refractivity (Wildman–Crippen MR) is 127 cm³/mol. The zero-order valence-electron chi connectivity index (χ0n) is 20.1. The molecular weight excluding hydrogens is 368 g/mol. The monoisotopic (exact) mass is 414 g/mol. The molecule has 2 N–H and O–H groups in total. The maximum atomic E-state index is 10.1. The van der Waals surface area contributed by atoms with E-state index in [0.29, 0.717) is 5.41 Å². The van der Waals surface area contributed by atoms with Crippen LogP contribution in [-0.4, -0.2) is 22.4 Å². The van der Waals surface area contributed by atoms with Crippen molar-refractivity contribution in [1.29, 1.82) is 0 Å². The average Bonchev–Trinajstić information content (AvgIpc) is 3.03. The van der Waals surface area contributed by atoms with Crippen molar-refractivity contribution in [2.75, 3.05) is 6.61 Å². The number of hydrogen-bond donors (Lipinski definition) is 2. The van der Waals surface area contributed by atoms with Crippen LogP contribution in [0.5, 0.6) is 0 Å². The van der Waals surface area contributed by atoms with Gasteiger partial charge in [-0.1, -0.05) is 62.1 Å². The predicted octanol–water partition coefficient (Wildman–Crippen LogP) is 6.98. The molecule has 0 aromatic heterocycles. The van der Waals surface area contributed by atoms with E-state index in [4.69, 9.17) is 0 Å². The summed E-state index contributed by atoms with van der Waals surface area (Å²) in [4.78, 5) is 0. The van der Waals surface area contributed by atoms with Crippen LogP contribution in [0.2, 0.25) is 0 Å². The minimum Gasteiger partial charge on any atom is -0.396 e. The largest absolute Gasteiger partial charge is 0.396 e. The molecule has 0 saturated heterocycles. The Balaban J connectivity index is 1.66. The van der Waals surface area contributed by atoms with Crippen molar-refractivity contribution in [2.24, 2.45) is 29.1 Å². The van der Waals surface area contributed by atoms with Crippen molar-refractivity contribution in [1.82, 2.24) is 0 Å². The molecule has 170 valence electrons. The van der Waals surface area contributed by atoms with E-state index in [-0.39, 0.29) is 12.5 Å². The highest BCUT2D eigenvalue weighted by molar-refractivity contribution is 5.27. The fourth-order valence-electron chi connectivity index (χ4n) is 6.93. The van der Waals surface area contributed by atoms with Crippen molar-refractivity contribution in [3.05, 3.63) is 35.5 Å². The lowest BCUT2D eigenvalue weighted by molar-refractivity contribution is 0.0597. The SMILES string of the molecule is C=C1CC/C(=C/C=C2\CCCC3(C)C2CCC3[C@H](C)CCCC(C)(C)O)CC1CO. The van der Waals surface area contributed by atoms with Crippen LogP contribution in [0.3, 0.4) is 0 Å². The van der Waals surface area contributed by atoms with Crippen molar-refractivity contribution in [2.45, 2.75) is 104 Å². The van der Waals surface area contributed by atoms with Crippen LogP contribution < -0.4 is 0 Å². The molecule has 0 aromatic carbocycles. The molecule has 0 radical (unpaired) electrons. The molecule has 4 unspecified atom stereocenters. The fraction of sp³-hybridized carbons (Fsp3) is 0.786. The smallest absolute Gasteiger partial charge is 0.0591 e. The lowest BCUT2D eigenvalue weighted by Crippen LogP contribution is -2.36. The Bertz CT molecular complexity index is 665. The summed E-state index contributed by atoms with van der Waals surface area (Å²) in [7, 11) is 0. The number of hydrogen-bond acceptors (Lipinski definition) is 2. The lowest BCUT2D eigenvalue weighted by atomic mass is 9.60. The molecule has 5 atom stereocenters. The molecule has 0 aliphatic heterocycles. The first-order valence-electron chi connectivity index (χ1n) is 12.5. The van der Waals surface area contributed by atoms with E-state index in [1.807, 2.05) is 13.8 Å². The van der Waals surface area contributed by atoms with Gasteiger partial charge in [-0.3, -0.25) is 0 Å². The van der Waals surface area contributed by atoms with Crippen molar-refractivity contribution >= 4 is 0 Å². The van der Waals surface area contributed by atoms with E-state index in [1.54, 1.807) is 5.57 Å². The summed E-state index contributed by atoms with van der Waals surface area (Å²) in [5.41, 5.74) is 4.33. The summed E-state index contributed by atoms with van der Waals surface area (Å²) in [5.74, 6) is 2.57. The molecule has 0 amide bonds. The van der Waals surface area contributed by atoms with Crippen molar-refractivity contribution in [3.63, 3.8) is 0 Å². The highest BCUT2D eigenvalue weighted by atomic mass is 16.3. The second-order valence-electron chi connectivity index (χ2n) is 11.6. The molecular formula is C28H46O2. The van der Waals surface area contributed by atoms with Gasteiger partial charge in [-0.25, -0.2) is 0 Å². The first kappa shape index (κ1) is 23.8. The molecule has 0 bridgehead atoms. The molecule has 0 aromatic rings. The van der Waals surface area contributed by atoms with E-state index in [2.05, 4.69) is 32.6 Å². The Morgan fingerprint density at radius 1 is 1.20 bits per heavy atom. The van der Waals surface area contributed by atoms with E-state index >= 15 is 0 Å². The van der Waals surface area contributed by atoms with Gasteiger partial charge in [0.2, 0.25) is 0 Å². The van der Waals surface area contributed by atoms with Crippen LogP contribution in [0.1, 0.15) is 98.3 Å². The summed E-state index contributed by atoms with van der Waals surface area (Å²) < 4.78 is 0. The minimum atomic E-state index is -0.531. The number of allylic oxidation sites excluding steroid dienone is 4. The first-order valence-corrected chi connectivity index (χ1v) is 12.5. The van der Waals surface area contributed by atoms with Gasteiger partial charge >= 0.3 is 0 Å². The van der Waals surface area contributed by atoms with Crippen LogP contribution in [0.15, 0.2) is 35.5 Å². The number of aliphatic hydroxyl groups is 2. The van der Waals surface area contributed by atoms with Crippen LogP contribution in [-0.2, 0) is 0 Å². The highest BCUT2D eigenvalue weighted by Gasteiger charge is 2.50. The third-order valence-corrected chi connectivity index (χ3v) is 8.78. The Hall–Kier alpha value is -0.860. The van der Waals surface area contributed by atoms with E-state index in [9.17, 15) is 10.2 Å². The molecule has 2 nitrogen and oxygen atoms in total. The Labute approximate surface area is 185 Å². The van der Waals surface area contributed by atoms with Crippen LogP contribution in [0, 0.1) is 29.1 Å². The second-order valence-corrected chi connectivity index (χ2v) is 11.6. The van der Waals surface area contributed by atoms with Gasteiger partial charge in [-0.05, 0) is 94.8 Å². The molecule has 3 aliphatic carbocycles. The molecule has 0 spiro atoms. The van der Waals surface area contributed by atoms with Gasteiger partial charge in [-0.2, -0.15) is 0 Å². The normalized spacial score (nSPS) is 36.3. The zero-order chi connectivity index (χ0) is 21.9. The standard InChI is InChI=1S/C28H46O2/c1-20-10-11-22(18-24(20)19-29)12-13-23-9-7-17-28(5)25(14-15-26(23)28)21(2)8-6-16-27(3,4)30/h12-13,21,24-26,29-30H,1,6-11,14-19H2,2-5H3/b22-12-,23-13+/t21-,24?,25?,26?,28?/m1/s1. The summed E-state index contributed by atoms with van der Waals surface area (Å²) in [6.07, 6.45) is 18.0. The quantitative estimate of drug-likeness (QED) is 0.441.